The SMILES string of the molecule is N#Cc1ccc2oc(-c3cccc(Br)c3)nc2c1. The number of benzene rings is 2. The summed E-state index contributed by atoms with van der Waals surface area (Å²) in [6, 6.07) is 15.0. The Morgan fingerprint density at radius 2 is 2.06 bits per heavy atom. The molecule has 0 atom stereocenters. The van der Waals surface area contributed by atoms with Gasteiger partial charge in [0.15, 0.2) is 5.58 Å². The van der Waals surface area contributed by atoms with Crippen LogP contribution in [-0.4, -0.2) is 4.98 Å². The maximum absolute atomic E-state index is 8.84. The summed E-state index contributed by atoms with van der Waals surface area (Å²) in [6.45, 7) is 0. The molecule has 0 unspecified atom stereocenters. The van der Waals surface area contributed by atoms with E-state index in [2.05, 4.69) is 27.0 Å². The quantitative estimate of drug-likeness (QED) is 0.679. The van der Waals surface area contributed by atoms with E-state index in [1.165, 1.54) is 0 Å². The predicted molar refractivity (Wildman–Crippen MR) is 71.9 cm³/mol. The predicted octanol–water partition coefficient (Wildman–Crippen LogP) is 4.13. The van der Waals surface area contributed by atoms with Gasteiger partial charge in [-0.1, -0.05) is 22.0 Å². The molecule has 0 aliphatic rings. The van der Waals surface area contributed by atoms with Crippen LogP contribution in [0, 0.1) is 11.3 Å². The van der Waals surface area contributed by atoms with Gasteiger partial charge in [0.2, 0.25) is 5.89 Å². The molecule has 0 aliphatic carbocycles. The molecule has 3 rings (SSSR count). The number of nitrogens with zero attached hydrogens (tertiary/aromatic N) is 2. The summed E-state index contributed by atoms with van der Waals surface area (Å²) in [7, 11) is 0. The van der Waals surface area contributed by atoms with E-state index >= 15 is 0 Å². The first-order chi connectivity index (χ1) is 8.76. The lowest BCUT2D eigenvalue weighted by molar-refractivity contribution is 0.620. The number of rotatable bonds is 1. The summed E-state index contributed by atoms with van der Waals surface area (Å²) in [5.41, 5.74) is 2.86. The molecular formula is C14H7BrN2O. The Bertz CT molecular complexity index is 771. The van der Waals surface area contributed by atoms with Gasteiger partial charge >= 0.3 is 0 Å². The van der Waals surface area contributed by atoms with Crippen molar-refractivity contribution in [1.29, 1.82) is 5.26 Å². The average Bonchev–Trinajstić information content (AvgIpc) is 2.81. The molecule has 0 fully saturated rings. The van der Waals surface area contributed by atoms with Crippen molar-refractivity contribution in [3.05, 3.63) is 52.5 Å². The third-order valence-electron chi connectivity index (χ3n) is 2.59. The highest BCUT2D eigenvalue weighted by Crippen LogP contribution is 2.26. The molecule has 0 amide bonds. The minimum atomic E-state index is 0.557. The molecule has 0 radical (unpaired) electrons. The molecule has 0 saturated carbocycles. The molecule has 1 aromatic heterocycles. The average molecular weight is 299 g/mol. The summed E-state index contributed by atoms with van der Waals surface area (Å²) in [5.74, 6) is 0.557. The van der Waals surface area contributed by atoms with Crippen LogP contribution in [-0.2, 0) is 0 Å². The molecular weight excluding hydrogens is 292 g/mol. The molecule has 1 heterocycles. The Morgan fingerprint density at radius 3 is 2.83 bits per heavy atom. The van der Waals surface area contributed by atoms with Gasteiger partial charge in [-0.05, 0) is 36.4 Å². The zero-order valence-electron chi connectivity index (χ0n) is 9.22. The highest BCUT2D eigenvalue weighted by Gasteiger charge is 2.08. The Labute approximate surface area is 112 Å². The van der Waals surface area contributed by atoms with E-state index in [-0.39, 0.29) is 0 Å². The van der Waals surface area contributed by atoms with E-state index in [4.69, 9.17) is 9.68 Å². The van der Waals surface area contributed by atoms with Crippen molar-refractivity contribution < 1.29 is 4.42 Å². The van der Waals surface area contributed by atoms with Crippen molar-refractivity contribution in [2.45, 2.75) is 0 Å². The third kappa shape index (κ3) is 1.89. The van der Waals surface area contributed by atoms with Crippen molar-refractivity contribution in [3.63, 3.8) is 0 Å². The molecule has 3 nitrogen and oxygen atoms in total. The fourth-order valence-corrected chi connectivity index (χ4v) is 2.14. The smallest absolute Gasteiger partial charge is 0.227 e. The van der Waals surface area contributed by atoms with Crippen molar-refractivity contribution >= 4 is 27.0 Å². The summed E-state index contributed by atoms with van der Waals surface area (Å²) in [6.07, 6.45) is 0. The number of halogens is 1. The van der Waals surface area contributed by atoms with Crippen LogP contribution in [0.2, 0.25) is 0 Å². The topological polar surface area (TPSA) is 49.8 Å². The van der Waals surface area contributed by atoms with Crippen molar-refractivity contribution in [3.8, 4) is 17.5 Å². The van der Waals surface area contributed by atoms with Gasteiger partial charge < -0.3 is 4.42 Å². The molecule has 0 saturated heterocycles. The summed E-state index contributed by atoms with van der Waals surface area (Å²) < 4.78 is 6.64. The monoisotopic (exact) mass is 298 g/mol. The second-order valence-corrected chi connectivity index (χ2v) is 4.74. The van der Waals surface area contributed by atoms with E-state index in [0.29, 0.717) is 22.6 Å². The van der Waals surface area contributed by atoms with Gasteiger partial charge in [-0.2, -0.15) is 5.26 Å². The van der Waals surface area contributed by atoms with E-state index in [1.807, 2.05) is 24.3 Å². The Kier molecular flexibility index (Phi) is 2.62. The fraction of sp³-hybridized carbons (Fsp3) is 0. The number of nitriles is 1. The van der Waals surface area contributed by atoms with Gasteiger partial charge in [0.05, 0.1) is 11.6 Å². The highest BCUT2D eigenvalue weighted by atomic mass is 79.9. The van der Waals surface area contributed by atoms with Crippen LogP contribution in [0.4, 0.5) is 0 Å². The number of aromatic nitrogens is 1. The fourth-order valence-electron chi connectivity index (χ4n) is 1.74. The Balaban J connectivity index is 2.17. The van der Waals surface area contributed by atoms with Crippen molar-refractivity contribution in [2.24, 2.45) is 0 Å². The molecule has 0 aliphatic heterocycles. The van der Waals surface area contributed by atoms with Gasteiger partial charge in [-0.25, -0.2) is 4.98 Å². The number of hydrogen-bond donors (Lipinski definition) is 0. The normalized spacial score (nSPS) is 10.4. The number of oxazole rings is 1. The minimum absolute atomic E-state index is 0.557. The van der Waals surface area contributed by atoms with Crippen LogP contribution in [0.3, 0.4) is 0 Å². The maximum Gasteiger partial charge on any atom is 0.227 e. The van der Waals surface area contributed by atoms with Crippen molar-refractivity contribution in [2.75, 3.05) is 0 Å². The molecule has 0 bridgehead atoms. The minimum Gasteiger partial charge on any atom is -0.436 e. The lowest BCUT2D eigenvalue weighted by atomic mass is 10.2. The van der Waals surface area contributed by atoms with E-state index in [1.54, 1.807) is 18.2 Å². The molecule has 0 N–H and O–H groups in total. The molecule has 18 heavy (non-hydrogen) atoms. The standard InChI is InChI=1S/C14H7BrN2O/c15-11-3-1-2-10(7-11)14-17-12-6-9(8-16)4-5-13(12)18-14/h1-7H. The highest BCUT2D eigenvalue weighted by molar-refractivity contribution is 9.10. The Morgan fingerprint density at radius 1 is 1.17 bits per heavy atom. The molecule has 2 aromatic carbocycles. The summed E-state index contributed by atoms with van der Waals surface area (Å²) >= 11 is 3.41. The lowest BCUT2D eigenvalue weighted by Crippen LogP contribution is -1.77. The lowest BCUT2D eigenvalue weighted by Gasteiger charge is -1.94. The molecule has 4 heteroatoms. The van der Waals surface area contributed by atoms with Crippen LogP contribution in [0.5, 0.6) is 0 Å². The van der Waals surface area contributed by atoms with E-state index in [9.17, 15) is 0 Å². The van der Waals surface area contributed by atoms with Crippen LogP contribution < -0.4 is 0 Å². The first-order valence-electron chi connectivity index (χ1n) is 5.33. The van der Waals surface area contributed by atoms with Gasteiger partial charge in [0.25, 0.3) is 0 Å². The van der Waals surface area contributed by atoms with Crippen LogP contribution in [0.15, 0.2) is 51.4 Å². The first-order valence-corrected chi connectivity index (χ1v) is 6.12. The van der Waals surface area contributed by atoms with Gasteiger partial charge in [0, 0.05) is 10.0 Å². The van der Waals surface area contributed by atoms with E-state index < -0.39 is 0 Å². The summed E-state index contributed by atoms with van der Waals surface area (Å²) in [4.78, 5) is 4.39. The van der Waals surface area contributed by atoms with Crippen LogP contribution >= 0.6 is 15.9 Å². The maximum atomic E-state index is 8.84. The second kappa shape index (κ2) is 4.28. The second-order valence-electron chi connectivity index (χ2n) is 3.82. The van der Waals surface area contributed by atoms with Crippen molar-refractivity contribution in [1.82, 2.24) is 4.98 Å². The largest absolute Gasteiger partial charge is 0.436 e. The Hall–Kier alpha value is -2.12. The van der Waals surface area contributed by atoms with E-state index in [0.717, 1.165) is 10.0 Å². The van der Waals surface area contributed by atoms with Crippen LogP contribution in [0.25, 0.3) is 22.6 Å². The third-order valence-corrected chi connectivity index (χ3v) is 3.08. The molecule has 3 aromatic rings. The zero-order valence-corrected chi connectivity index (χ0v) is 10.8. The number of hydrogen-bond acceptors (Lipinski definition) is 3. The first kappa shape index (κ1) is 11.0. The van der Waals surface area contributed by atoms with Gasteiger partial charge in [0.1, 0.15) is 5.52 Å². The van der Waals surface area contributed by atoms with Gasteiger partial charge in [-0.3, -0.25) is 0 Å². The summed E-state index contributed by atoms with van der Waals surface area (Å²) in [5, 5.41) is 8.84. The zero-order chi connectivity index (χ0) is 12.5. The molecule has 86 valence electrons. The van der Waals surface area contributed by atoms with Gasteiger partial charge in [-0.15, -0.1) is 0 Å². The van der Waals surface area contributed by atoms with Crippen LogP contribution in [0.1, 0.15) is 5.56 Å². The number of fused-ring (bicyclic) bond motifs is 1. The molecule has 0 spiro atoms.